The van der Waals surface area contributed by atoms with Crippen LogP contribution in [0, 0.1) is 46.3 Å². The van der Waals surface area contributed by atoms with E-state index in [2.05, 4.69) is 40.7 Å². The molecule has 1 heteroatoms. The van der Waals surface area contributed by atoms with Crippen molar-refractivity contribution in [2.45, 2.75) is 105 Å². The summed E-state index contributed by atoms with van der Waals surface area (Å²) in [7, 11) is 0. The predicted octanol–water partition coefficient (Wildman–Crippen LogP) is 7.60. The van der Waals surface area contributed by atoms with E-state index in [-0.39, 0.29) is 0 Å². The zero-order chi connectivity index (χ0) is 20.1. The largest absolute Gasteiger partial charge is 0.295 e. The number of allylic oxidation sites excluding steroid dienone is 1. The van der Waals surface area contributed by atoms with E-state index in [9.17, 15) is 4.79 Å². The third-order valence-electron chi connectivity index (χ3n) is 10.4. The van der Waals surface area contributed by atoms with Crippen molar-refractivity contribution < 1.29 is 4.79 Å². The van der Waals surface area contributed by atoms with Gasteiger partial charge in [-0.2, -0.15) is 0 Å². The van der Waals surface area contributed by atoms with Crippen LogP contribution in [0.5, 0.6) is 0 Å². The summed E-state index contributed by atoms with van der Waals surface area (Å²) >= 11 is 0. The van der Waals surface area contributed by atoms with Crippen LogP contribution in [0.4, 0.5) is 0 Å². The van der Waals surface area contributed by atoms with E-state index in [1.807, 2.05) is 0 Å². The van der Waals surface area contributed by atoms with Gasteiger partial charge in [0, 0.05) is 6.42 Å². The smallest absolute Gasteiger partial charge is 0.155 e. The maximum atomic E-state index is 12.2. The molecule has 0 aromatic heterocycles. The fraction of sp³-hybridized carbons (Fsp3) is 0.889. The maximum absolute atomic E-state index is 12.2. The third kappa shape index (κ3) is 3.05. The first-order chi connectivity index (χ1) is 13.3. The highest BCUT2D eigenvalue weighted by Gasteiger charge is 2.61. The SMILES string of the molecule is CCCCC(C)C1CCC2C3C(CC[C@]12C)[C@@]1(C)CCC(=O)C=C1C[C@@H]3CC. The topological polar surface area (TPSA) is 17.1 Å². The Morgan fingerprint density at radius 2 is 1.89 bits per heavy atom. The van der Waals surface area contributed by atoms with Crippen LogP contribution >= 0.6 is 0 Å². The minimum absolute atomic E-state index is 0.317. The fourth-order valence-electron chi connectivity index (χ4n) is 8.82. The van der Waals surface area contributed by atoms with Crippen molar-refractivity contribution in [3.63, 3.8) is 0 Å². The minimum Gasteiger partial charge on any atom is -0.295 e. The first-order valence-corrected chi connectivity index (χ1v) is 12.6. The van der Waals surface area contributed by atoms with Crippen molar-refractivity contribution in [2.24, 2.45) is 46.3 Å². The number of fused-ring (bicyclic) bond motifs is 5. The molecule has 158 valence electrons. The van der Waals surface area contributed by atoms with Crippen LogP contribution in [0.1, 0.15) is 105 Å². The Morgan fingerprint density at radius 1 is 1.11 bits per heavy atom. The van der Waals surface area contributed by atoms with Crippen LogP contribution in [-0.2, 0) is 4.79 Å². The standard InChI is InChI=1S/C27H44O/c1-6-8-9-18(3)22-10-11-23-25-19(7-2)16-20-17-21(28)12-14-26(20,4)24(25)13-15-27(22,23)5/h17-19,22-25H,6-16H2,1-5H3/t18?,19-,22?,23?,24?,25?,26-,27+/m0/s1. The summed E-state index contributed by atoms with van der Waals surface area (Å²) in [6.07, 6.45) is 16.5. The van der Waals surface area contributed by atoms with E-state index in [1.54, 1.807) is 0 Å². The van der Waals surface area contributed by atoms with Gasteiger partial charge in [-0.1, -0.05) is 65.9 Å². The molecule has 8 atom stereocenters. The van der Waals surface area contributed by atoms with Crippen molar-refractivity contribution in [1.29, 1.82) is 0 Å². The lowest BCUT2D eigenvalue weighted by Crippen LogP contribution is -2.53. The van der Waals surface area contributed by atoms with Gasteiger partial charge in [-0.05, 0) is 90.9 Å². The summed E-state index contributed by atoms with van der Waals surface area (Å²) < 4.78 is 0. The van der Waals surface area contributed by atoms with Gasteiger partial charge in [0.15, 0.2) is 5.78 Å². The van der Waals surface area contributed by atoms with Crippen molar-refractivity contribution in [1.82, 2.24) is 0 Å². The Morgan fingerprint density at radius 3 is 2.61 bits per heavy atom. The summed E-state index contributed by atoms with van der Waals surface area (Å²) in [5.41, 5.74) is 2.42. The zero-order valence-corrected chi connectivity index (χ0v) is 19.2. The number of carbonyl (C=O) groups excluding carboxylic acids is 1. The average Bonchev–Trinajstić information content (AvgIpc) is 3.03. The van der Waals surface area contributed by atoms with Gasteiger partial charge in [-0.25, -0.2) is 0 Å². The first kappa shape index (κ1) is 20.7. The Kier molecular flexibility index (Phi) is 5.60. The molecule has 0 heterocycles. The molecular formula is C27H44O. The summed E-state index contributed by atoms with van der Waals surface area (Å²) in [5.74, 6) is 5.71. The Hall–Kier alpha value is -0.590. The molecule has 4 aliphatic carbocycles. The van der Waals surface area contributed by atoms with Gasteiger partial charge in [0.25, 0.3) is 0 Å². The lowest BCUT2D eigenvalue weighted by Gasteiger charge is -2.61. The highest BCUT2D eigenvalue weighted by Crippen LogP contribution is 2.69. The summed E-state index contributed by atoms with van der Waals surface area (Å²) in [6.45, 7) is 12.5. The molecule has 0 saturated heterocycles. The van der Waals surface area contributed by atoms with Gasteiger partial charge in [0.1, 0.15) is 0 Å². The van der Waals surface area contributed by atoms with E-state index in [0.29, 0.717) is 16.6 Å². The molecule has 0 aromatic rings. The molecule has 1 nitrogen and oxygen atoms in total. The monoisotopic (exact) mass is 384 g/mol. The van der Waals surface area contributed by atoms with Crippen molar-refractivity contribution in [3.05, 3.63) is 11.6 Å². The second-order valence-electron chi connectivity index (χ2n) is 11.6. The lowest BCUT2D eigenvalue weighted by molar-refractivity contribution is -0.119. The van der Waals surface area contributed by atoms with Crippen molar-refractivity contribution in [2.75, 3.05) is 0 Å². The Labute approximate surface area is 174 Å². The van der Waals surface area contributed by atoms with Crippen molar-refractivity contribution >= 4 is 5.78 Å². The summed E-state index contributed by atoms with van der Waals surface area (Å²) in [4.78, 5) is 12.2. The van der Waals surface area contributed by atoms with Crippen LogP contribution in [0.15, 0.2) is 11.6 Å². The fourth-order valence-corrected chi connectivity index (χ4v) is 8.82. The van der Waals surface area contributed by atoms with Gasteiger partial charge in [-0.3, -0.25) is 4.79 Å². The molecular weight excluding hydrogens is 340 g/mol. The number of rotatable bonds is 5. The molecule has 0 aromatic carbocycles. The highest BCUT2D eigenvalue weighted by molar-refractivity contribution is 5.91. The minimum atomic E-state index is 0.317. The van der Waals surface area contributed by atoms with Gasteiger partial charge < -0.3 is 0 Å². The Bertz CT molecular complexity index is 632. The van der Waals surface area contributed by atoms with Gasteiger partial charge in [0.2, 0.25) is 0 Å². The van der Waals surface area contributed by atoms with Crippen molar-refractivity contribution in [3.8, 4) is 0 Å². The molecule has 0 radical (unpaired) electrons. The Balaban J connectivity index is 1.64. The van der Waals surface area contributed by atoms with Gasteiger partial charge in [0.05, 0.1) is 0 Å². The van der Waals surface area contributed by atoms with E-state index in [0.717, 1.165) is 48.3 Å². The molecule has 4 aliphatic rings. The second kappa shape index (κ2) is 7.59. The van der Waals surface area contributed by atoms with Gasteiger partial charge in [-0.15, -0.1) is 0 Å². The summed E-state index contributed by atoms with van der Waals surface area (Å²) in [5, 5.41) is 0. The maximum Gasteiger partial charge on any atom is 0.155 e. The molecule has 3 fully saturated rings. The average molecular weight is 385 g/mol. The molecule has 0 N–H and O–H groups in total. The highest BCUT2D eigenvalue weighted by atomic mass is 16.1. The van der Waals surface area contributed by atoms with E-state index >= 15 is 0 Å². The third-order valence-corrected chi connectivity index (χ3v) is 10.4. The molecule has 0 spiro atoms. The van der Waals surface area contributed by atoms with E-state index in [4.69, 9.17) is 0 Å². The number of hydrogen-bond donors (Lipinski definition) is 0. The summed E-state index contributed by atoms with van der Waals surface area (Å²) in [6, 6.07) is 0. The number of unbranched alkanes of at least 4 members (excludes halogenated alkanes) is 1. The molecule has 0 aliphatic heterocycles. The van der Waals surface area contributed by atoms with Crippen LogP contribution in [0.2, 0.25) is 0 Å². The quantitative estimate of drug-likeness (QED) is 0.477. The molecule has 5 unspecified atom stereocenters. The first-order valence-electron chi connectivity index (χ1n) is 12.6. The predicted molar refractivity (Wildman–Crippen MR) is 118 cm³/mol. The van der Waals surface area contributed by atoms with Crippen LogP contribution in [0.25, 0.3) is 0 Å². The normalized spacial score (nSPS) is 46.4. The number of carbonyl (C=O) groups is 1. The molecule has 0 amide bonds. The molecule has 28 heavy (non-hydrogen) atoms. The van der Waals surface area contributed by atoms with Gasteiger partial charge >= 0.3 is 0 Å². The van der Waals surface area contributed by atoms with E-state index < -0.39 is 0 Å². The molecule has 3 saturated carbocycles. The second-order valence-corrected chi connectivity index (χ2v) is 11.6. The van der Waals surface area contributed by atoms with E-state index in [1.165, 1.54) is 63.4 Å². The molecule has 0 bridgehead atoms. The van der Waals surface area contributed by atoms with Crippen LogP contribution in [-0.4, -0.2) is 5.78 Å². The van der Waals surface area contributed by atoms with Crippen LogP contribution in [0.3, 0.4) is 0 Å². The zero-order valence-electron chi connectivity index (χ0n) is 19.2. The number of ketones is 1. The lowest BCUT2D eigenvalue weighted by atomic mass is 9.44. The number of hydrogen-bond acceptors (Lipinski definition) is 1. The van der Waals surface area contributed by atoms with Crippen LogP contribution < -0.4 is 0 Å². The molecule has 4 rings (SSSR count).